The fraction of sp³-hybridized carbons (Fsp3) is 0.162. The first-order valence-electron chi connectivity index (χ1n) is 15.8. The number of aromatic nitrogens is 1. The van der Waals surface area contributed by atoms with Crippen LogP contribution in [0.5, 0.6) is 0 Å². The standard InChI is InChI=1S/C37H34N6O7S/c1-24(44)38-21-32(45)40-30(33(46)34-41-29-14-8-9-15-31(29)51-34)20-25-16-18-28(19-17-25)39-35(42-36(47)49-22-26-10-4-2-5-11-26)43-37(48)50-23-27-12-6-3-7-13-27/h2-19,30H,20-23H2,1H3,(H,38,44)(H,40,45)(H2,39,42,43,47,48). The fourth-order valence-corrected chi connectivity index (χ4v) is 5.62. The van der Waals surface area contributed by atoms with Gasteiger partial charge in [0.05, 0.1) is 28.5 Å². The van der Waals surface area contributed by atoms with Crippen molar-refractivity contribution in [3.63, 3.8) is 0 Å². The largest absolute Gasteiger partial charge is 0.444 e. The molecule has 0 spiro atoms. The van der Waals surface area contributed by atoms with Crippen LogP contribution in [0.4, 0.5) is 15.3 Å². The number of fused-ring (bicyclic) bond motifs is 1. The molecule has 13 nitrogen and oxygen atoms in total. The molecule has 14 heteroatoms. The summed E-state index contributed by atoms with van der Waals surface area (Å²) in [6.45, 7) is 0.979. The molecule has 1 heterocycles. The molecule has 0 aliphatic rings. The summed E-state index contributed by atoms with van der Waals surface area (Å²) < 4.78 is 11.4. The van der Waals surface area contributed by atoms with Crippen molar-refractivity contribution in [2.24, 2.45) is 4.99 Å². The summed E-state index contributed by atoms with van der Waals surface area (Å²) in [4.78, 5) is 71.8. The summed E-state index contributed by atoms with van der Waals surface area (Å²) in [6, 6.07) is 31.1. The zero-order valence-corrected chi connectivity index (χ0v) is 28.3. The lowest BCUT2D eigenvalue weighted by Gasteiger charge is -2.17. The third kappa shape index (κ3) is 11.3. The Labute approximate surface area is 297 Å². The van der Waals surface area contributed by atoms with Gasteiger partial charge in [0.1, 0.15) is 13.2 Å². The molecule has 0 radical (unpaired) electrons. The van der Waals surface area contributed by atoms with Crippen molar-refractivity contribution in [3.05, 3.63) is 131 Å². The van der Waals surface area contributed by atoms with Crippen LogP contribution in [-0.4, -0.2) is 53.3 Å². The number of ether oxygens (including phenoxy) is 2. The maximum atomic E-state index is 13.6. The van der Waals surface area contributed by atoms with Crippen LogP contribution in [-0.2, 0) is 38.7 Å². The van der Waals surface area contributed by atoms with Crippen molar-refractivity contribution in [1.82, 2.24) is 26.3 Å². The highest BCUT2D eigenvalue weighted by Gasteiger charge is 2.26. The predicted octanol–water partition coefficient (Wildman–Crippen LogP) is 5.18. The van der Waals surface area contributed by atoms with Crippen LogP contribution < -0.4 is 21.3 Å². The summed E-state index contributed by atoms with van der Waals surface area (Å²) in [5.41, 5.74) is 3.21. The molecule has 1 unspecified atom stereocenters. The van der Waals surface area contributed by atoms with Gasteiger partial charge in [-0.2, -0.15) is 0 Å². The van der Waals surface area contributed by atoms with Gasteiger partial charge >= 0.3 is 12.2 Å². The lowest BCUT2D eigenvalue weighted by molar-refractivity contribution is -0.125. The van der Waals surface area contributed by atoms with Gasteiger partial charge in [-0.05, 0) is 41.0 Å². The lowest BCUT2D eigenvalue weighted by Crippen LogP contribution is -2.46. The maximum absolute atomic E-state index is 13.6. The van der Waals surface area contributed by atoms with Crippen molar-refractivity contribution in [2.45, 2.75) is 32.6 Å². The van der Waals surface area contributed by atoms with Crippen LogP contribution in [0.1, 0.15) is 33.4 Å². The third-order valence-electron chi connectivity index (χ3n) is 7.14. The first kappa shape index (κ1) is 35.9. The van der Waals surface area contributed by atoms with Crippen LogP contribution in [0.25, 0.3) is 10.2 Å². The molecule has 260 valence electrons. The van der Waals surface area contributed by atoms with E-state index in [-0.39, 0.29) is 48.8 Å². The minimum absolute atomic E-state index is 0.00857. The van der Waals surface area contributed by atoms with Crippen molar-refractivity contribution in [1.29, 1.82) is 0 Å². The lowest BCUT2D eigenvalue weighted by atomic mass is 10.0. The van der Waals surface area contributed by atoms with Gasteiger partial charge in [-0.15, -0.1) is 11.3 Å². The first-order chi connectivity index (χ1) is 24.7. The number of nitrogens with one attached hydrogen (secondary N) is 4. The van der Waals surface area contributed by atoms with Crippen molar-refractivity contribution in [2.75, 3.05) is 6.54 Å². The molecule has 0 bridgehead atoms. The van der Waals surface area contributed by atoms with E-state index in [1.165, 1.54) is 18.3 Å². The van der Waals surface area contributed by atoms with E-state index in [1.54, 1.807) is 54.6 Å². The highest BCUT2D eigenvalue weighted by molar-refractivity contribution is 7.20. The molecule has 51 heavy (non-hydrogen) atoms. The summed E-state index contributed by atoms with van der Waals surface area (Å²) in [5.74, 6) is -1.54. The molecule has 1 atom stereocenters. The molecule has 5 aromatic rings. The number of aliphatic imine (C=N–C) groups is 1. The van der Waals surface area contributed by atoms with E-state index in [0.717, 1.165) is 15.8 Å². The number of carbonyl (C=O) groups is 5. The number of thiazole rings is 1. The number of amides is 4. The van der Waals surface area contributed by atoms with Crippen LogP contribution in [0, 0.1) is 0 Å². The third-order valence-corrected chi connectivity index (χ3v) is 8.19. The molecule has 1 aromatic heterocycles. The topological polar surface area (TPSA) is 177 Å². The minimum atomic E-state index is -0.987. The van der Waals surface area contributed by atoms with Crippen LogP contribution in [0.2, 0.25) is 0 Å². The number of rotatable bonds is 12. The Morgan fingerprint density at radius 2 is 1.29 bits per heavy atom. The number of nitrogens with zero attached hydrogens (tertiary/aromatic N) is 2. The van der Waals surface area contributed by atoms with Crippen LogP contribution >= 0.6 is 11.3 Å². The smallest absolute Gasteiger partial charge is 0.414 e. The molecular weight excluding hydrogens is 673 g/mol. The Morgan fingerprint density at radius 1 is 0.725 bits per heavy atom. The predicted molar refractivity (Wildman–Crippen MR) is 191 cm³/mol. The number of guanidine groups is 1. The quantitative estimate of drug-likeness (QED) is 0.0779. The molecule has 5 rings (SSSR count). The fourth-order valence-electron chi connectivity index (χ4n) is 4.66. The highest BCUT2D eigenvalue weighted by Crippen LogP contribution is 2.24. The molecule has 0 aliphatic carbocycles. The first-order valence-corrected chi connectivity index (χ1v) is 16.6. The number of hydrogen-bond donors (Lipinski definition) is 4. The Morgan fingerprint density at radius 3 is 1.86 bits per heavy atom. The van der Waals surface area contributed by atoms with E-state index in [0.29, 0.717) is 16.8 Å². The monoisotopic (exact) mass is 706 g/mol. The molecule has 0 saturated heterocycles. The number of hydrogen-bond acceptors (Lipinski definition) is 10. The number of para-hydroxylation sites is 1. The van der Waals surface area contributed by atoms with Gasteiger partial charge in [0.25, 0.3) is 0 Å². The Hall–Kier alpha value is -6.41. The van der Waals surface area contributed by atoms with E-state index in [4.69, 9.17) is 9.47 Å². The number of carbonyl (C=O) groups excluding carboxylic acids is 5. The normalized spacial score (nSPS) is 11.1. The second-order valence-corrected chi connectivity index (χ2v) is 12.1. The van der Waals surface area contributed by atoms with Crippen LogP contribution in [0.15, 0.2) is 114 Å². The van der Waals surface area contributed by atoms with Crippen LogP contribution in [0.3, 0.4) is 0 Å². The van der Waals surface area contributed by atoms with E-state index in [9.17, 15) is 24.0 Å². The van der Waals surface area contributed by atoms with Gasteiger partial charge < -0.3 is 20.1 Å². The molecule has 0 aliphatic heterocycles. The van der Waals surface area contributed by atoms with E-state index in [2.05, 4.69) is 31.2 Å². The average molecular weight is 707 g/mol. The Bertz CT molecular complexity index is 1930. The zero-order valence-electron chi connectivity index (χ0n) is 27.5. The molecule has 0 fully saturated rings. The van der Waals surface area contributed by atoms with E-state index >= 15 is 0 Å². The SMILES string of the molecule is CC(=O)NCC(=O)NC(Cc1ccc(N=C(NC(=O)OCc2ccccc2)NC(=O)OCc2ccccc2)cc1)C(=O)c1nc2ccccc2s1. The number of alkyl carbamates (subject to hydrolysis) is 2. The summed E-state index contributed by atoms with van der Waals surface area (Å²) in [6.07, 6.45) is -1.61. The second kappa shape index (κ2) is 17.8. The molecule has 4 N–H and O–H groups in total. The summed E-state index contributed by atoms with van der Waals surface area (Å²) in [7, 11) is 0. The average Bonchev–Trinajstić information content (AvgIpc) is 3.58. The van der Waals surface area contributed by atoms with Crippen molar-refractivity contribution in [3.8, 4) is 0 Å². The minimum Gasteiger partial charge on any atom is -0.444 e. The van der Waals surface area contributed by atoms with E-state index in [1.807, 2.05) is 54.6 Å². The van der Waals surface area contributed by atoms with Gasteiger partial charge in [-0.25, -0.2) is 19.6 Å². The van der Waals surface area contributed by atoms with E-state index < -0.39 is 24.1 Å². The van der Waals surface area contributed by atoms with Gasteiger partial charge in [-0.1, -0.05) is 84.9 Å². The van der Waals surface area contributed by atoms with Gasteiger partial charge in [-0.3, -0.25) is 25.0 Å². The number of Topliss-reactive ketones (excluding diaryl/α,β-unsaturated/α-hetero) is 1. The molecule has 4 amide bonds. The molecule has 0 saturated carbocycles. The zero-order chi connectivity index (χ0) is 36.0. The number of ketones is 1. The highest BCUT2D eigenvalue weighted by atomic mass is 32.1. The maximum Gasteiger partial charge on any atom is 0.414 e. The second-order valence-electron chi connectivity index (χ2n) is 11.1. The van der Waals surface area contributed by atoms with Gasteiger partial charge in [0, 0.05) is 13.3 Å². The van der Waals surface area contributed by atoms with Crippen molar-refractivity contribution < 1.29 is 33.4 Å². The van der Waals surface area contributed by atoms with Gasteiger partial charge in [0.2, 0.25) is 23.6 Å². The number of benzene rings is 4. The molecular formula is C37H34N6O7S. The molecule has 4 aromatic carbocycles. The Kier molecular flexibility index (Phi) is 12.5. The Balaban J connectivity index is 1.30. The van der Waals surface area contributed by atoms with Gasteiger partial charge in [0.15, 0.2) is 5.01 Å². The summed E-state index contributed by atoms with van der Waals surface area (Å²) in [5, 5.41) is 10.3. The van der Waals surface area contributed by atoms with Crippen molar-refractivity contribution >= 4 is 63.0 Å². The summed E-state index contributed by atoms with van der Waals surface area (Å²) >= 11 is 1.22.